The van der Waals surface area contributed by atoms with Crippen LogP contribution in [0.4, 0.5) is 5.82 Å². The molecule has 0 spiro atoms. The number of nitrogens with zero attached hydrogens (tertiary/aromatic N) is 2. The van der Waals surface area contributed by atoms with E-state index >= 15 is 0 Å². The Morgan fingerprint density at radius 3 is 2.71 bits per heavy atom. The maximum absolute atomic E-state index is 5.76. The van der Waals surface area contributed by atoms with Gasteiger partial charge in [0.15, 0.2) is 0 Å². The van der Waals surface area contributed by atoms with Crippen molar-refractivity contribution in [2.75, 3.05) is 5.32 Å². The fraction of sp³-hybridized carbons (Fsp3) is 0.600. The lowest BCUT2D eigenvalue weighted by Gasteiger charge is -2.25. The highest BCUT2D eigenvalue weighted by Gasteiger charge is 2.28. The minimum Gasteiger partial charge on any atom is -0.364 e. The van der Waals surface area contributed by atoms with Crippen molar-refractivity contribution in [3.05, 3.63) is 17.5 Å². The maximum atomic E-state index is 5.76. The molecule has 1 aliphatic rings. The standard InChI is InChI=1S/C10H14ClN3/c1-10(4-2-3-5-10)14-9-7-12-6-8(11)13-9/h6-7H,2-5H2,1H3,(H,13,14). The van der Waals surface area contributed by atoms with E-state index in [-0.39, 0.29) is 5.54 Å². The lowest BCUT2D eigenvalue weighted by molar-refractivity contribution is 0.530. The van der Waals surface area contributed by atoms with Crippen molar-refractivity contribution in [2.24, 2.45) is 0 Å². The summed E-state index contributed by atoms with van der Waals surface area (Å²) in [6, 6.07) is 0. The number of rotatable bonds is 2. The second-order valence-electron chi connectivity index (χ2n) is 4.12. The van der Waals surface area contributed by atoms with Crippen molar-refractivity contribution >= 4 is 17.4 Å². The molecule has 0 saturated heterocycles. The summed E-state index contributed by atoms with van der Waals surface area (Å²) in [7, 11) is 0. The second kappa shape index (κ2) is 3.73. The molecule has 0 unspecified atom stereocenters. The molecule has 1 fully saturated rings. The highest BCUT2D eigenvalue weighted by Crippen LogP contribution is 2.31. The van der Waals surface area contributed by atoms with Gasteiger partial charge in [-0.1, -0.05) is 24.4 Å². The summed E-state index contributed by atoms with van der Waals surface area (Å²) in [6.45, 7) is 2.22. The normalized spacial score (nSPS) is 19.6. The molecule has 2 rings (SSSR count). The Balaban J connectivity index is 2.10. The fourth-order valence-corrected chi connectivity index (χ4v) is 2.14. The molecule has 1 aliphatic carbocycles. The van der Waals surface area contributed by atoms with Gasteiger partial charge in [0.2, 0.25) is 0 Å². The first-order chi connectivity index (χ1) is 6.68. The molecule has 76 valence electrons. The van der Waals surface area contributed by atoms with E-state index in [0.717, 1.165) is 5.82 Å². The summed E-state index contributed by atoms with van der Waals surface area (Å²) in [5.41, 5.74) is 0.180. The van der Waals surface area contributed by atoms with Gasteiger partial charge in [-0.3, -0.25) is 4.98 Å². The molecule has 3 nitrogen and oxygen atoms in total. The van der Waals surface area contributed by atoms with Crippen LogP contribution in [0.25, 0.3) is 0 Å². The molecule has 1 aromatic rings. The fourth-order valence-electron chi connectivity index (χ4n) is 1.99. The number of halogens is 1. The van der Waals surface area contributed by atoms with Crippen LogP contribution in [-0.2, 0) is 0 Å². The van der Waals surface area contributed by atoms with Gasteiger partial charge in [-0.15, -0.1) is 0 Å². The number of nitrogens with one attached hydrogen (secondary N) is 1. The van der Waals surface area contributed by atoms with E-state index < -0.39 is 0 Å². The SMILES string of the molecule is CC1(Nc2cncc(Cl)n2)CCCC1. The topological polar surface area (TPSA) is 37.8 Å². The lowest BCUT2D eigenvalue weighted by Crippen LogP contribution is -2.31. The van der Waals surface area contributed by atoms with E-state index in [1.807, 2.05) is 0 Å². The summed E-state index contributed by atoms with van der Waals surface area (Å²) in [4.78, 5) is 8.17. The van der Waals surface area contributed by atoms with Crippen molar-refractivity contribution in [1.29, 1.82) is 0 Å². The zero-order valence-electron chi connectivity index (χ0n) is 8.26. The molecule has 0 radical (unpaired) electrons. The lowest BCUT2D eigenvalue weighted by atomic mass is 10.0. The van der Waals surface area contributed by atoms with Crippen LogP contribution >= 0.6 is 11.6 Å². The Morgan fingerprint density at radius 2 is 2.07 bits per heavy atom. The van der Waals surface area contributed by atoms with Gasteiger partial charge in [-0.05, 0) is 19.8 Å². The Kier molecular flexibility index (Phi) is 2.59. The van der Waals surface area contributed by atoms with Crippen LogP contribution in [0.5, 0.6) is 0 Å². The molecular weight excluding hydrogens is 198 g/mol. The third kappa shape index (κ3) is 2.15. The molecule has 0 aliphatic heterocycles. The van der Waals surface area contributed by atoms with Crippen molar-refractivity contribution in [3.63, 3.8) is 0 Å². The summed E-state index contributed by atoms with van der Waals surface area (Å²) >= 11 is 5.76. The zero-order valence-corrected chi connectivity index (χ0v) is 9.01. The Morgan fingerprint density at radius 1 is 1.36 bits per heavy atom. The van der Waals surface area contributed by atoms with Crippen LogP contribution in [0.1, 0.15) is 32.6 Å². The molecule has 0 bridgehead atoms. The number of anilines is 1. The largest absolute Gasteiger partial charge is 0.364 e. The van der Waals surface area contributed by atoms with Crippen molar-refractivity contribution in [2.45, 2.75) is 38.1 Å². The molecule has 0 amide bonds. The highest BCUT2D eigenvalue weighted by atomic mass is 35.5. The average Bonchev–Trinajstić information content (AvgIpc) is 2.51. The summed E-state index contributed by atoms with van der Waals surface area (Å²) < 4.78 is 0. The van der Waals surface area contributed by atoms with Crippen LogP contribution < -0.4 is 5.32 Å². The van der Waals surface area contributed by atoms with Crippen molar-refractivity contribution in [1.82, 2.24) is 9.97 Å². The van der Waals surface area contributed by atoms with E-state index in [9.17, 15) is 0 Å². The molecule has 1 aromatic heterocycles. The van der Waals surface area contributed by atoms with Gasteiger partial charge in [-0.25, -0.2) is 4.98 Å². The van der Waals surface area contributed by atoms with Crippen LogP contribution in [0, 0.1) is 0 Å². The molecule has 0 aromatic carbocycles. The van der Waals surface area contributed by atoms with Crippen molar-refractivity contribution in [3.8, 4) is 0 Å². The van der Waals surface area contributed by atoms with E-state index in [4.69, 9.17) is 11.6 Å². The molecule has 14 heavy (non-hydrogen) atoms. The van der Waals surface area contributed by atoms with Gasteiger partial charge in [0.25, 0.3) is 0 Å². The van der Waals surface area contributed by atoms with Gasteiger partial charge >= 0.3 is 0 Å². The number of hydrogen-bond donors (Lipinski definition) is 1. The summed E-state index contributed by atoms with van der Waals surface area (Å²) in [5.74, 6) is 0.780. The third-order valence-corrected chi connectivity index (χ3v) is 2.92. The van der Waals surface area contributed by atoms with E-state index in [2.05, 4.69) is 22.2 Å². The quantitative estimate of drug-likeness (QED) is 0.818. The minimum atomic E-state index is 0.180. The maximum Gasteiger partial charge on any atom is 0.149 e. The Labute approximate surface area is 88.9 Å². The number of hydrogen-bond acceptors (Lipinski definition) is 3. The van der Waals surface area contributed by atoms with Gasteiger partial charge in [-0.2, -0.15) is 0 Å². The zero-order chi connectivity index (χ0) is 10.0. The molecule has 1 N–H and O–H groups in total. The Hall–Kier alpha value is -0.830. The van der Waals surface area contributed by atoms with Crippen LogP contribution in [-0.4, -0.2) is 15.5 Å². The molecule has 4 heteroatoms. The minimum absolute atomic E-state index is 0.180. The molecular formula is C10H14ClN3. The van der Waals surface area contributed by atoms with E-state index in [1.54, 1.807) is 12.4 Å². The first kappa shape index (κ1) is 9.71. The van der Waals surface area contributed by atoms with Gasteiger partial charge in [0.1, 0.15) is 11.0 Å². The van der Waals surface area contributed by atoms with Crippen LogP contribution in [0.15, 0.2) is 12.4 Å². The first-order valence-corrected chi connectivity index (χ1v) is 5.32. The van der Waals surface area contributed by atoms with Gasteiger partial charge in [0.05, 0.1) is 12.4 Å². The molecule has 0 atom stereocenters. The molecule has 1 heterocycles. The predicted molar refractivity (Wildman–Crippen MR) is 57.5 cm³/mol. The summed E-state index contributed by atoms with van der Waals surface area (Å²) in [6.07, 6.45) is 8.23. The van der Waals surface area contributed by atoms with Gasteiger partial charge in [0, 0.05) is 5.54 Å². The smallest absolute Gasteiger partial charge is 0.149 e. The van der Waals surface area contributed by atoms with E-state index in [1.165, 1.54) is 25.7 Å². The molecule has 1 saturated carbocycles. The van der Waals surface area contributed by atoms with Gasteiger partial charge < -0.3 is 5.32 Å². The summed E-state index contributed by atoms with van der Waals surface area (Å²) in [5, 5.41) is 3.84. The van der Waals surface area contributed by atoms with E-state index in [0.29, 0.717) is 5.15 Å². The highest BCUT2D eigenvalue weighted by molar-refractivity contribution is 6.29. The van der Waals surface area contributed by atoms with Crippen molar-refractivity contribution < 1.29 is 0 Å². The predicted octanol–water partition coefficient (Wildman–Crippen LogP) is 2.87. The Bertz CT molecular complexity index is 321. The van der Waals surface area contributed by atoms with Crippen LogP contribution in [0.3, 0.4) is 0 Å². The number of aromatic nitrogens is 2. The van der Waals surface area contributed by atoms with Crippen LogP contribution in [0.2, 0.25) is 5.15 Å². The third-order valence-electron chi connectivity index (χ3n) is 2.74. The monoisotopic (exact) mass is 211 g/mol. The average molecular weight is 212 g/mol. The first-order valence-electron chi connectivity index (χ1n) is 4.94. The second-order valence-corrected chi connectivity index (χ2v) is 4.51.